The van der Waals surface area contributed by atoms with E-state index >= 15 is 0 Å². The fraction of sp³-hybridized carbons (Fsp3) is 0.500. The molecule has 0 radical (unpaired) electrons. The maximum atomic E-state index is 5.83. The van der Waals surface area contributed by atoms with E-state index in [0.29, 0.717) is 6.61 Å². The lowest BCUT2D eigenvalue weighted by molar-refractivity contribution is 0.297. The van der Waals surface area contributed by atoms with E-state index in [1.807, 2.05) is 6.92 Å². The largest absolute Gasteiger partial charge is 0.494 e. The van der Waals surface area contributed by atoms with Gasteiger partial charge in [-0.3, -0.25) is 0 Å². The SMILES string of the molecule is CCOc1ccc2ccccc2c1CNCCCN(CC)CC.Cl.Cl. The van der Waals surface area contributed by atoms with Crippen LogP contribution in [0.1, 0.15) is 32.8 Å². The molecule has 0 aromatic heterocycles. The maximum Gasteiger partial charge on any atom is 0.124 e. The van der Waals surface area contributed by atoms with Gasteiger partial charge in [0, 0.05) is 12.1 Å². The highest BCUT2D eigenvalue weighted by atomic mass is 35.5. The normalized spacial score (nSPS) is 10.4. The molecule has 0 bridgehead atoms. The monoisotopic (exact) mass is 386 g/mol. The summed E-state index contributed by atoms with van der Waals surface area (Å²) in [5.74, 6) is 1.00. The van der Waals surface area contributed by atoms with Crippen LogP contribution >= 0.6 is 24.8 Å². The van der Waals surface area contributed by atoms with Gasteiger partial charge in [0.05, 0.1) is 6.61 Å². The smallest absolute Gasteiger partial charge is 0.124 e. The summed E-state index contributed by atoms with van der Waals surface area (Å²) in [7, 11) is 0. The molecule has 0 aliphatic carbocycles. The van der Waals surface area contributed by atoms with Crippen LogP contribution in [0.4, 0.5) is 0 Å². The Morgan fingerprint density at radius 1 is 0.960 bits per heavy atom. The van der Waals surface area contributed by atoms with Gasteiger partial charge < -0.3 is 15.0 Å². The quantitative estimate of drug-likeness (QED) is 0.587. The van der Waals surface area contributed by atoms with Gasteiger partial charge in [0.25, 0.3) is 0 Å². The van der Waals surface area contributed by atoms with Crippen LogP contribution in [-0.4, -0.2) is 37.7 Å². The third-order valence-corrected chi connectivity index (χ3v) is 4.32. The highest BCUT2D eigenvalue weighted by Crippen LogP contribution is 2.28. The second kappa shape index (κ2) is 13.2. The molecule has 0 unspecified atom stereocenters. The minimum Gasteiger partial charge on any atom is -0.494 e. The highest BCUT2D eigenvalue weighted by Gasteiger charge is 2.08. The Kier molecular flexibility index (Phi) is 12.7. The Balaban J connectivity index is 0.00000288. The van der Waals surface area contributed by atoms with Crippen molar-refractivity contribution < 1.29 is 4.74 Å². The number of hydrogen-bond acceptors (Lipinski definition) is 3. The number of benzene rings is 2. The summed E-state index contributed by atoms with van der Waals surface area (Å²) in [6.45, 7) is 12.5. The molecule has 3 nitrogen and oxygen atoms in total. The van der Waals surface area contributed by atoms with Crippen molar-refractivity contribution in [2.24, 2.45) is 0 Å². The predicted molar refractivity (Wildman–Crippen MR) is 114 cm³/mol. The first-order chi connectivity index (χ1) is 11.3. The number of ether oxygens (including phenoxy) is 1. The molecule has 1 N–H and O–H groups in total. The first-order valence-electron chi connectivity index (χ1n) is 8.86. The lowest BCUT2D eigenvalue weighted by Gasteiger charge is -2.18. The molecule has 0 aliphatic heterocycles. The van der Waals surface area contributed by atoms with E-state index in [0.717, 1.165) is 38.5 Å². The van der Waals surface area contributed by atoms with E-state index in [4.69, 9.17) is 4.74 Å². The minimum atomic E-state index is 0. The molecular formula is C20H32Cl2N2O. The molecule has 0 aliphatic rings. The molecular weight excluding hydrogens is 355 g/mol. The summed E-state index contributed by atoms with van der Waals surface area (Å²) in [6, 6.07) is 12.8. The van der Waals surface area contributed by atoms with Gasteiger partial charge >= 0.3 is 0 Å². The lowest BCUT2D eigenvalue weighted by Crippen LogP contribution is -2.27. The van der Waals surface area contributed by atoms with Crippen molar-refractivity contribution in [3.8, 4) is 5.75 Å². The fourth-order valence-corrected chi connectivity index (χ4v) is 2.97. The van der Waals surface area contributed by atoms with Crippen LogP contribution in [-0.2, 0) is 6.54 Å². The average molecular weight is 387 g/mol. The fourth-order valence-electron chi connectivity index (χ4n) is 2.97. The molecule has 0 fully saturated rings. The van der Waals surface area contributed by atoms with Gasteiger partial charge in [-0.1, -0.05) is 44.2 Å². The topological polar surface area (TPSA) is 24.5 Å². The number of nitrogens with one attached hydrogen (secondary N) is 1. The summed E-state index contributed by atoms with van der Waals surface area (Å²) < 4.78 is 5.83. The Labute approximate surface area is 164 Å². The van der Waals surface area contributed by atoms with Crippen molar-refractivity contribution in [2.75, 3.05) is 32.8 Å². The second-order valence-electron chi connectivity index (χ2n) is 5.75. The summed E-state index contributed by atoms with van der Waals surface area (Å²) in [5, 5.41) is 6.15. The lowest BCUT2D eigenvalue weighted by atomic mass is 10.0. The highest BCUT2D eigenvalue weighted by molar-refractivity contribution is 5.87. The van der Waals surface area contributed by atoms with Crippen molar-refractivity contribution in [1.29, 1.82) is 0 Å². The van der Waals surface area contributed by atoms with Crippen molar-refractivity contribution in [3.05, 3.63) is 42.0 Å². The third-order valence-electron chi connectivity index (χ3n) is 4.32. The summed E-state index contributed by atoms with van der Waals surface area (Å²) >= 11 is 0. The Bertz CT molecular complexity index is 603. The molecule has 5 heteroatoms. The molecule has 2 aromatic rings. The zero-order valence-corrected chi connectivity index (χ0v) is 17.2. The van der Waals surface area contributed by atoms with E-state index in [2.05, 4.69) is 60.5 Å². The predicted octanol–water partition coefficient (Wildman–Crippen LogP) is 4.90. The number of hydrogen-bond donors (Lipinski definition) is 1. The molecule has 0 saturated heterocycles. The molecule has 0 amide bonds. The van der Waals surface area contributed by atoms with E-state index in [1.54, 1.807) is 0 Å². The van der Waals surface area contributed by atoms with Gasteiger partial charge in [-0.15, -0.1) is 24.8 Å². The zero-order valence-electron chi connectivity index (χ0n) is 15.6. The molecule has 2 rings (SSSR count). The summed E-state index contributed by atoms with van der Waals surface area (Å²) in [6.07, 6.45) is 1.18. The van der Waals surface area contributed by atoms with Gasteiger partial charge in [0.1, 0.15) is 5.75 Å². The molecule has 0 atom stereocenters. The first-order valence-corrected chi connectivity index (χ1v) is 8.86. The molecule has 0 saturated carbocycles. The Hall–Kier alpha value is -1.00. The van der Waals surface area contributed by atoms with Crippen molar-refractivity contribution in [3.63, 3.8) is 0 Å². The van der Waals surface area contributed by atoms with Gasteiger partial charge in [-0.05, 0) is 56.4 Å². The summed E-state index contributed by atoms with van der Waals surface area (Å²) in [5.41, 5.74) is 1.27. The molecule has 2 aromatic carbocycles. The van der Waals surface area contributed by atoms with E-state index < -0.39 is 0 Å². The van der Waals surface area contributed by atoms with Crippen LogP contribution in [0.25, 0.3) is 10.8 Å². The molecule has 0 spiro atoms. The molecule has 142 valence electrons. The van der Waals surface area contributed by atoms with E-state index in [1.165, 1.54) is 22.8 Å². The van der Waals surface area contributed by atoms with Crippen LogP contribution in [0.2, 0.25) is 0 Å². The third kappa shape index (κ3) is 7.02. The van der Waals surface area contributed by atoms with Gasteiger partial charge in [0.2, 0.25) is 0 Å². The standard InChI is InChI=1S/C20H30N2O.2ClH/c1-4-22(5-2)15-9-14-21-16-19-18-11-8-7-10-17(18)12-13-20(19)23-6-3;;/h7-8,10-13,21H,4-6,9,14-16H2,1-3H3;2*1H. The first kappa shape index (κ1) is 24.0. The minimum absolute atomic E-state index is 0. The second-order valence-corrected chi connectivity index (χ2v) is 5.75. The van der Waals surface area contributed by atoms with Gasteiger partial charge in [-0.25, -0.2) is 0 Å². The Morgan fingerprint density at radius 2 is 1.68 bits per heavy atom. The van der Waals surface area contributed by atoms with Crippen LogP contribution in [0.15, 0.2) is 36.4 Å². The van der Waals surface area contributed by atoms with Crippen LogP contribution in [0.3, 0.4) is 0 Å². The average Bonchev–Trinajstić information content (AvgIpc) is 2.59. The van der Waals surface area contributed by atoms with Crippen LogP contribution < -0.4 is 10.1 Å². The number of rotatable bonds is 10. The van der Waals surface area contributed by atoms with Crippen LogP contribution in [0.5, 0.6) is 5.75 Å². The van der Waals surface area contributed by atoms with Gasteiger partial charge in [-0.2, -0.15) is 0 Å². The van der Waals surface area contributed by atoms with Gasteiger partial charge in [0.15, 0.2) is 0 Å². The number of halogens is 2. The Morgan fingerprint density at radius 3 is 2.36 bits per heavy atom. The van der Waals surface area contributed by atoms with Crippen LogP contribution in [0, 0.1) is 0 Å². The van der Waals surface area contributed by atoms with Crippen molar-refractivity contribution in [2.45, 2.75) is 33.7 Å². The summed E-state index contributed by atoms with van der Waals surface area (Å²) in [4.78, 5) is 2.46. The maximum absolute atomic E-state index is 5.83. The van der Waals surface area contributed by atoms with E-state index in [9.17, 15) is 0 Å². The zero-order chi connectivity index (χ0) is 16.5. The number of nitrogens with zero attached hydrogens (tertiary/aromatic N) is 1. The van der Waals surface area contributed by atoms with E-state index in [-0.39, 0.29) is 24.8 Å². The number of fused-ring (bicyclic) bond motifs is 1. The molecule has 25 heavy (non-hydrogen) atoms. The van der Waals surface area contributed by atoms with Crippen molar-refractivity contribution in [1.82, 2.24) is 10.2 Å². The van der Waals surface area contributed by atoms with Crippen molar-refractivity contribution >= 4 is 35.6 Å². The molecule has 0 heterocycles.